The molecular formula is C26H29F4N3O2. The highest BCUT2D eigenvalue weighted by Crippen LogP contribution is 2.31. The maximum Gasteiger partial charge on any atom is 0.416 e. The minimum absolute atomic E-state index is 0.0600. The number of halogens is 4. The third kappa shape index (κ3) is 6.60. The molecule has 4 rings (SSSR count). The number of rotatable bonds is 7. The third-order valence-corrected chi connectivity index (χ3v) is 6.68. The first-order valence-corrected chi connectivity index (χ1v) is 11.9. The lowest BCUT2D eigenvalue weighted by molar-refractivity contribution is -0.137. The van der Waals surface area contributed by atoms with Crippen molar-refractivity contribution in [3.8, 4) is 0 Å². The number of hydrogen-bond acceptors (Lipinski definition) is 3. The van der Waals surface area contributed by atoms with Crippen molar-refractivity contribution in [1.29, 1.82) is 0 Å². The van der Waals surface area contributed by atoms with Gasteiger partial charge in [0.15, 0.2) is 0 Å². The second-order valence-corrected chi connectivity index (χ2v) is 9.33. The van der Waals surface area contributed by atoms with E-state index in [1.807, 2.05) is 6.07 Å². The van der Waals surface area contributed by atoms with Gasteiger partial charge in [-0.3, -0.25) is 14.5 Å². The highest BCUT2D eigenvalue weighted by Gasteiger charge is 2.33. The van der Waals surface area contributed by atoms with E-state index in [0.717, 1.165) is 30.7 Å². The fourth-order valence-corrected chi connectivity index (χ4v) is 4.88. The number of likely N-dealkylation sites (tertiary alicyclic amines) is 2. The number of nitrogens with zero attached hydrogens (tertiary/aromatic N) is 2. The number of nitrogens with one attached hydrogen (secondary N) is 1. The number of hydrogen-bond donors (Lipinski definition) is 1. The molecule has 2 aliphatic heterocycles. The molecule has 9 heteroatoms. The first kappa shape index (κ1) is 25.2. The van der Waals surface area contributed by atoms with Crippen molar-refractivity contribution < 1.29 is 27.2 Å². The van der Waals surface area contributed by atoms with Gasteiger partial charge in [-0.1, -0.05) is 24.3 Å². The van der Waals surface area contributed by atoms with Gasteiger partial charge in [-0.05, 0) is 61.2 Å². The molecule has 0 spiro atoms. The smallest absolute Gasteiger partial charge is 0.347 e. The van der Waals surface area contributed by atoms with Gasteiger partial charge < -0.3 is 10.2 Å². The van der Waals surface area contributed by atoms with Gasteiger partial charge in [0, 0.05) is 32.6 Å². The number of piperidine rings is 1. The quantitative estimate of drug-likeness (QED) is 0.579. The van der Waals surface area contributed by atoms with E-state index in [9.17, 15) is 27.2 Å². The number of benzene rings is 2. The molecule has 2 fully saturated rings. The summed E-state index contributed by atoms with van der Waals surface area (Å²) in [4.78, 5) is 29.1. The van der Waals surface area contributed by atoms with Crippen molar-refractivity contribution in [3.63, 3.8) is 0 Å². The van der Waals surface area contributed by atoms with Crippen LogP contribution >= 0.6 is 0 Å². The summed E-state index contributed by atoms with van der Waals surface area (Å²) >= 11 is 0. The van der Waals surface area contributed by atoms with Gasteiger partial charge in [0.2, 0.25) is 11.8 Å². The van der Waals surface area contributed by atoms with E-state index in [4.69, 9.17) is 0 Å². The summed E-state index contributed by atoms with van der Waals surface area (Å²) in [6.45, 7) is 2.42. The van der Waals surface area contributed by atoms with Crippen LogP contribution in [0.25, 0.3) is 0 Å². The Labute approximate surface area is 202 Å². The van der Waals surface area contributed by atoms with Crippen LogP contribution in [-0.2, 0) is 22.3 Å². The first-order chi connectivity index (χ1) is 16.7. The van der Waals surface area contributed by atoms with Gasteiger partial charge in [0.1, 0.15) is 5.82 Å². The van der Waals surface area contributed by atoms with E-state index in [2.05, 4.69) is 10.2 Å². The Balaban J connectivity index is 1.47. The number of amides is 2. The molecule has 0 bridgehead atoms. The SMILES string of the molecule is O=C(NC(CN1CCCC1=O)c1cccc(C(F)(F)F)c1)C1CCCN(Cc2cccc(F)c2)C1. The molecule has 35 heavy (non-hydrogen) atoms. The summed E-state index contributed by atoms with van der Waals surface area (Å²) in [5.41, 5.74) is 0.349. The highest BCUT2D eigenvalue weighted by atomic mass is 19.4. The molecule has 188 valence electrons. The number of carbonyl (C=O) groups excluding carboxylic acids is 2. The predicted octanol–water partition coefficient (Wildman–Crippen LogP) is 4.54. The predicted molar refractivity (Wildman–Crippen MR) is 123 cm³/mol. The van der Waals surface area contributed by atoms with Crippen LogP contribution in [0.1, 0.15) is 48.4 Å². The molecule has 2 unspecified atom stereocenters. The summed E-state index contributed by atoms with van der Waals surface area (Å²) in [7, 11) is 0. The largest absolute Gasteiger partial charge is 0.416 e. The molecule has 2 aromatic carbocycles. The summed E-state index contributed by atoms with van der Waals surface area (Å²) in [6.07, 6.45) is -1.97. The van der Waals surface area contributed by atoms with Crippen molar-refractivity contribution >= 4 is 11.8 Å². The molecular weight excluding hydrogens is 462 g/mol. The fraction of sp³-hybridized carbons (Fsp3) is 0.462. The van der Waals surface area contributed by atoms with E-state index in [1.54, 1.807) is 17.0 Å². The van der Waals surface area contributed by atoms with Crippen molar-refractivity contribution in [2.75, 3.05) is 26.2 Å². The monoisotopic (exact) mass is 491 g/mol. The van der Waals surface area contributed by atoms with E-state index in [1.165, 1.54) is 18.2 Å². The minimum Gasteiger partial charge on any atom is -0.347 e. The Morgan fingerprint density at radius 2 is 1.89 bits per heavy atom. The molecule has 0 aliphatic carbocycles. The van der Waals surface area contributed by atoms with Crippen LogP contribution in [0, 0.1) is 11.7 Å². The second kappa shape index (κ2) is 10.8. The zero-order valence-corrected chi connectivity index (χ0v) is 19.4. The maximum absolute atomic E-state index is 13.5. The maximum atomic E-state index is 13.5. The van der Waals surface area contributed by atoms with E-state index >= 15 is 0 Å². The first-order valence-electron chi connectivity index (χ1n) is 11.9. The lowest BCUT2D eigenvalue weighted by Crippen LogP contribution is -2.46. The van der Waals surface area contributed by atoms with Gasteiger partial charge in [-0.15, -0.1) is 0 Å². The molecule has 5 nitrogen and oxygen atoms in total. The molecule has 2 aromatic rings. The Morgan fingerprint density at radius 3 is 2.60 bits per heavy atom. The van der Waals surface area contributed by atoms with Crippen LogP contribution in [0.15, 0.2) is 48.5 Å². The summed E-state index contributed by atoms with van der Waals surface area (Å²) in [6, 6.07) is 10.5. The van der Waals surface area contributed by atoms with Crippen LogP contribution in [-0.4, -0.2) is 47.8 Å². The average molecular weight is 492 g/mol. The molecule has 2 amide bonds. The molecule has 2 atom stereocenters. The normalized spacial score (nSPS) is 20.2. The van der Waals surface area contributed by atoms with Gasteiger partial charge >= 0.3 is 6.18 Å². The van der Waals surface area contributed by atoms with Crippen LogP contribution in [0.5, 0.6) is 0 Å². The fourth-order valence-electron chi connectivity index (χ4n) is 4.88. The van der Waals surface area contributed by atoms with Crippen LogP contribution in [0.3, 0.4) is 0 Å². The zero-order valence-electron chi connectivity index (χ0n) is 19.4. The topological polar surface area (TPSA) is 52.7 Å². The summed E-state index contributed by atoms with van der Waals surface area (Å²) < 4.78 is 53.5. The Kier molecular flexibility index (Phi) is 7.74. The van der Waals surface area contributed by atoms with Gasteiger partial charge in [0.05, 0.1) is 17.5 Å². The van der Waals surface area contributed by atoms with Crippen molar-refractivity contribution in [2.45, 2.75) is 44.4 Å². The Morgan fingerprint density at radius 1 is 1.09 bits per heavy atom. The van der Waals surface area contributed by atoms with Gasteiger partial charge in [-0.2, -0.15) is 13.2 Å². The average Bonchev–Trinajstić information content (AvgIpc) is 3.22. The highest BCUT2D eigenvalue weighted by molar-refractivity contribution is 5.80. The molecule has 0 aromatic heterocycles. The van der Waals surface area contributed by atoms with Gasteiger partial charge in [0.25, 0.3) is 0 Å². The summed E-state index contributed by atoms with van der Waals surface area (Å²) in [5, 5.41) is 2.94. The molecule has 2 heterocycles. The number of alkyl halides is 3. The van der Waals surface area contributed by atoms with Crippen molar-refractivity contribution in [2.24, 2.45) is 5.92 Å². The van der Waals surface area contributed by atoms with E-state index in [-0.39, 0.29) is 30.1 Å². The van der Waals surface area contributed by atoms with E-state index < -0.39 is 17.8 Å². The zero-order chi connectivity index (χ0) is 25.0. The Bertz CT molecular complexity index is 1060. The van der Waals surface area contributed by atoms with Crippen molar-refractivity contribution in [3.05, 3.63) is 71.0 Å². The van der Waals surface area contributed by atoms with Crippen molar-refractivity contribution in [1.82, 2.24) is 15.1 Å². The van der Waals surface area contributed by atoms with Crippen LogP contribution in [0.4, 0.5) is 17.6 Å². The molecule has 0 saturated carbocycles. The number of carbonyl (C=O) groups is 2. The molecule has 1 N–H and O–H groups in total. The van der Waals surface area contributed by atoms with Crippen LogP contribution < -0.4 is 5.32 Å². The minimum atomic E-state index is -4.51. The van der Waals surface area contributed by atoms with Crippen LogP contribution in [0.2, 0.25) is 0 Å². The third-order valence-electron chi connectivity index (χ3n) is 6.68. The summed E-state index contributed by atoms with van der Waals surface area (Å²) in [5.74, 6) is -0.966. The molecule has 0 radical (unpaired) electrons. The lowest BCUT2D eigenvalue weighted by Gasteiger charge is -2.33. The van der Waals surface area contributed by atoms with Gasteiger partial charge in [-0.25, -0.2) is 4.39 Å². The Hall–Kier alpha value is -2.94. The second-order valence-electron chi connectivity index (χ2n) is 9.33. The molecule has 2 aliphatic rings. The standard InChI is InChI=1S/C26H29F4N3O2/c27-22-9-1-5-18(13-22)15-32-11-3-7-20(16-32)25(35)31-23(17-33-12-4-10-24(33)34)19-6-2-8-21(14-19)26(28,29)30/h1-2,5-6,8-9,13-14,20,23H,3-4,7,10-12,15-17H2,(H,31,35). The van der Waals surface area contributed by atoms with E-state index in [0.29, 0.717) is 44.5 Å². The lowest BCUT2D eigenvalue weighted by atomic mass is 9.95. The molecule has 2 saturated heterocycles.